The predicted octanol–water partition coefficient (Wildman–Crippen LogP) is 2.40. The van der Waals surface area contributed by atoms with Gasteiger partial charge < -0.3 is 10.4 Å². The molecular weight excluding hydrogens is 256 g/mol. The van der Waals surface area contributed by atoms with Crippen LogP contribution < -0.4 is 5.32 Å². The van der Waals surface area contributed by atoms with E-state index in [1.54, 1.807) is 0 Å². The zero-order chi connectivity index (χ0) is 14.7. The van der Waals surface area contributed by atoms with Crippen LogP contribution in [0.3, 0.4) is 0 Å². The Labute approximate surface area is 117 Å². The van der Waals surface area contributed by atoms with Crippen molar-refractivity contribution < 1.29 is 9.90 Å². The largest absolute Gasteiger partial charge is 0.476 e. The maximum Gasteiger partial charge on any atom is 0.360 e. The Hall–Kier alpha value is -2.37. The van der Waals surface area contributed by atoms with Crippen molar-refractivity contribution in [3.63, 3.8) is 0 Å². The molecular formula is C14H18N4O2. The van der Waals surface area contributed by atoms with Crippen LogP contribution in [0.1, 0.15) is 35.0 Å². The molecule has 0 saturated carbocycles. The van der Waals surface area contributed by atoms with Crippen molar-refractivity contribution in [2.75, 3.05) is 11.9 Å². The van der Waals surface area contributed by atoms with Gasteiger partial charge in [0.25, 0.3) is 0 Å². The number of nitrogens with zero attached hydrogens (tertiary/aromatic N) is 3. The summed E-state index contributed by atoms with van der Waals surface area (Å²) in [7, 11) is 0. The zero-order valence-electron chi connectivity index (χ0n) is 11.8. The summed E-state index contributed by atoms with van der Waals surface area (Å²) in [5, 5.41) is 20.5. The first-order chi connectivity index (χ1) is 9.52. The van der Waals surface area contributed by atoms with Gasteiger partial charge in [-0.15, -0.1) is 15.0 Å². The monoisotopic (exact) mass is 274 g/mol. The van der Waals surface area contributed by atoms with Crippen molar-refractivity contribution in [3.05, 3.63) is 35.0 Å². The minimum absolute atomic E-state index is 0.0570. The van der Waals surface area contributed by atoms with Gasteiger partial charge in [0.2, 0.25) is 5.69 Å². The Morgan fingerprint density at radius 3 is 2.70 bits per heavy atom. The van der Waals surface area contributed by atoms with Crippen LogP contribution in [-0.2, 0) is 0 Å². The fourth-order valence-corrected chi connectivity index (χ4v) is 1.95. The molecule has 0 radical (unpaired) electrons. The zero-order valence-corrected chi connectivity index (χ0v) is 11.8. The van der Waals surface area contributed by atoms with Crippen LogP contribution in [0.5, 0.6) is 0 Å². The molecule has 1 aromatic heterocycles. The highest BCUT2D eigenvalue weighted by Crippen LogP contribution is 2.17. The maximum absolute atomic E-state index is 11.2. The topological polar surface area (TPSA) is 80.0 Å². The Morgan fingerprint density at radius 1 is 1.35 bits per heavy atom. The Balaban J connectivity index is 2.44. The highest BCUT2D eigenvalue weighted by atomic mass is 16.4. The second-order valence-electron chi connectivity index (χ2n) is 4.71. The van der Waals surface area contributed by atoms with Gasteiger partial charge in [-0.3, -0.25) is 0 Å². The van der Waals surface area contributed by atoms with E-state index in [1.807, 2.05) is 39.0 Å². The number of benzene rings is 1. The van der Waals surface area contributed by atoms with E-state index in [4.69, 9.17) is 0 Å². The molecule has 2 aromatic rings. The molecule has 0 saturated heterocycles. The van der Waals surface area contributed by atoms with Crippen LogP contribution in [-0.4, -0.2) is 32.6 Å². The van der Waals surface area contributed by atoms with E-state index >= 15 is 0 Å². The minimum Gasteiger partial charge on any atom is -0.476 e. The van der Waals surface area contributed by atoms with Gasteiger partial charge in [-0.1, -0.05) is 24.6 Å². The summed E-state index contributed by atoms with van der Waals surface area (Å²) in [6, 6.07) is 5.85. The van der Waals surface area contributed by atoms with Crippen molar-refractivity contribution in [3.8, 4) is 5.69 Å². The van der Waals surface area contributed by atoms with Crippen LogP contribution in [0.25, 0.3) is 5.69 Å². The van der Waals surface area contributed by atoms with E-state index in [9.17, 15) is 9.90 Å². The Morgan fingerprint density at radius 2 is 2.10 bits per heavy atom. The normalized spacial score (nSPS) is 10.6. The molecule has 2 rings (SSSR count). The molecule has 0 unspecified atom stereocenters. The number of hydrogen-bond donors (Lipinski definition) is 2. The number of hydrogen-bond acceptors (Lipinski definition) is 4. The molecule has 0 amide bonds. The van der Waals surface area contributed by atoms with E-state index in [0.717, 1.165) is 23.2 Å². The first kappa shape index (κ1) is 14.0. The molecule has 20 heavy (non-hydrogen) atoms. The number of rotatable bonds is 5. The Kier molecular flexibility index (Phi) is 4.02. The Bertz CT molecular complexity index is 634. The molecule has 1 heterocycles. The molecule has 0 bridgehead atoms. The average molecular weight is 274 g/mol. The van der Waals surface area contributed by atoms with Crippen LogP contribution in [0.4, 0.5) is 5.82 Å². The lowest BCUT2D eigenvalue weighted by atomic mass is 10.1. The van der Waals surface area contributed by atoms with Gasteiger partial charge in [0.05, 0.1) is 5.69 Å². The summed E-state index contributed by atoms with van der Waals surface area (Å²) in [6.07, 6.45) is 0.884. The maximum atomic E-state index is 11.2. The van der Waals surface area contributed by atoms with Crippen molar-refractivity contribution >= 4 is 11.8 Å². The number of aryl methyl sites for hydroxylation is 2. The molecule has 106 valence electrons. The number of carboxylic acids is 1. The van der Waals surface area contributed by atoms with Gasteiger partial charge >= 0.3 is 5.97 Å². The highest BCUT2D eigenvalue weighted by Gasteiger charge is 2.18. The van der Waals surface area contributed by atoms with E-state index < -0.39 is 5.97 Å². The number of anilines is 1. The fraction of sp³-hybridized carbons (Fsp3) is 0.357. The van der Waals surface area contributed by atoms with E-state index in [0.29, 0.717) is 12.4 Å². The first-order valence-corrected chi connectivity index (χ1v) is 6.55. The molecule has 0 aliphatic heterocycles. The third-order valence-corrected chi connectivity index (χ3v) is 2.93. The number of carbonyl (C=O) groups is 1. The molecule has 0 spiro atoms. The SMILES string of the molecule is CCCNc1nn(-c2ccc(C)cc2C)nc1C(=O)O. The summed E-state index contributed by atoms with van der Waals surface area (Å²) < 4.78 is 0. The second-order valence-corrected chi connectivity index (χ2v) is 4.71. The highest BCUT2D eigenvalue weighted by molar-refractivity contribution is 5.90. The average Bonchev–Trinajstić information content (AvgIpc) is 2.80. The molecule has 0 atom stereocenters. The number of aromatic nitrogens is 3. The lowest BCUT2D eigenvalue weighted by Crippen LogP contribution is -2.06. The fourth-order valence-electron chi connectivity index (χ4n) is 1.95. The minimum atomic E-state index is -1.08. The van der Waals surface area contributed by atoms with Gasteiger partial charge in [0, 0.05) is 6.54 Å². The van der Waals surface area contributed by atoms with Crippen molar-refractivity contribution in [2.24, 2.45) is 0 Å². The molecule has 0 aliphatic carbocycles. The van der Waals surface area contributed by atoms with E-state index in [2.05, 4.69) is 15.5 Å². The van der Waals surface area contributed by atoms with E-state index in [-0.39, 0.29) is 5.69 Å². The van der Waals surface area contributed by atoms with Gasteiger partial charge in [-0.2, -0.15) is 0 Å². The molecule has 1 aromatic carbocycles. The van der Waals surface area contributed by atoms with Crippen LogP contribution in [0.15, 0.2) is 18.2 Å². The summed E-state index contributed by atoms with van der Waals surface area (Å²) >= 11 is 0. The van der Waals surface area contributed by atoms with E-state index in [1.165, 1.54) is 4.80 Å². The summed E-state index contributed by atoms with van der Waals surface area (Å²) in [5.74, 6) is -0.779. The molecule has 6 heteroatoms. The van der Waals surface area contributed by atoms with Crippen LogP contribution in [0, 0.1) is 13.8 Å². The van der Waals surface area contributed by atoms with Crippen molar-refractivity contribution in [2.45, 2.75) is 27.2 Å². The van der Waals surface area contributed by atoms with Crippen LogP contribution >= 0.6 is 0 Å². The second kappa shape index (κ2) is 5.73. The van der Waals surface area contributed by atoms with Crippen LogP contribution in [0.2, 0.25) is 0 Å². The first-order valence-electron chi connectivity index (χ1n) is 6.55. The summed E-state index contributed by atoms with van der Waals surface area (Å²) in [5.41, 5.74) is 2.86. The predicted molar refractivity (Wildman–Crippen MR) is 76.6 cm³/mol. The molecule has 2 N–H and O–H groups in total. The van der Waals surface area contributed by atoms with Gasteiger partial charge in [-0.05, 0) is 31.9 Å². The third kappa shape index (κ3) is 2.79. The van der Waals surface area contributed by atoms with Crippen molar-refractivity contribution in [1.82, 2.24) is 15.0 Å². The number of carboxylic acid groups (broad SMARTS) is 1. The molecule has 0 fully saturated rings. The lowest BCUT2D eigenvalue weighted by molar-refractivity contribution is 0.0691. The summed E-state index contributed by atoms with van der Waals surface area (Å²) in [6.45, 7) is 6.61. The summed E-state index contributed by atoms with van der Waals surface area (Å²) in [4.78, 5) is 12.6. The smallest absolute Gasteiger partial charge is 0.360 e. The van der Waals surface area contributed by atoms with Gasteiger partial charge in [0.15, 0.2) is 5.82 Å². The number of nitrogens with one attached hydrogen (secondary N) is 1. The molecule has 6 nitrogen and oxygen atoms in total. The molecule has 0 aliphatic rings. The van der Waals surface area contributed by atoms with Gasteiger partial charge in [-0.25, -0.2) is 4.79 Å². The quantitative estimate of drug-likeness (QED) is 0.875. The standard InChI is InChI=1S/C14H18N4O2/c1-4-7-15-13-12(14(19)20)16-18(17-13)11-6-5-9(2)8-10(11)3/h5-6,8H,4,7H2,1-3H3,(H,15,17)(H,19,20). The van der Waals surface area contributed by atoms with Gasteiger partial charge in [0.1, 0.15) is 0 Å². The van der Waals surface area contributed by atoms with Crippen molar-refractivity contribution in [1.29, 1.82) is 0 Å². The number of aromatic carboxylic acids is 1. The lowest BCUT2D eigenvalue weighted by Gasteiger charge is -2.04. The third-order valence-electron chi connectivity index (χ3n) is 2.93.